The molecule has 2 aromatic carbocycles. The zero-order valence-electron chi connectivity index (χ0n) is 16.3. The van der Waals surface area contributed by atoms with Crippen molar-refractivity contribution in [1.82, 2.24) is 4.90 Å². The molecule has 150 valence electrons. The van der Waals surface area contributed by atoms with Crippen molar-refractivity contribution in [1.29, 1.82) is 0 Å². The van der Waals surface area contributed by atoms with Crippen molar-refractivity contribution in [2.24, 2.45) is 0 Å². The molecule has 0 unspecified atom stereocenters. The maximum absolute atomic E-state index is 13.1. The lowest BCUT2D eigenvalue weighted by Crippen LogP contribution is -2.30. The van der Waals surface area contributed by atoms with E-state index in [1.54, 1.807) is 38.5 Å². The van der Waals surface area contributed by atoms with Gasteiger partial charge in [0.1, 0.15) is 11.5 Å². The van der Waals surface area contributed by atoms with Gasteiger partial charge < -0.3 is 14.4 Å². The zero-order chi connectivity index (χ0) is 20.3. The number of hydrogen-bond donors (Lipinski definition) is 0. The van der Waals surface area contributed by atoms with E-state index in [2.05, 4.69) is 0 Å². The monoisotopic (exact) mass is 403 g/mol. The standard InChI is InChI=1S/C21H25NO5S/c1-26-17-10-11-20(27-2)18(13-17)19-5-4-12-22(19)21(23)16-8-6-15(7-9-16)14-28(3,24)25/h6-11,13,19H,4-5,12,14H2,1-3H3/t19-/m1/s1. The van der Waals surface area contributed by atoms with Crippen LogP contribution in [0.3, 0.4) is 0 Å². The molecule has 1 atom stereocenters. The normalized spacial score (nSPS) is 16.8. The van der Waals surface area contributed by atoms with Gasteiger partial charge in [-0.2, -0.15) is 0 Å². The lowest BCUT2D eigenvalue weighted by Gasteiger charge is -2.27. The average Bonchev–Trinajstić information content (AvgIpc) is 3.16. The number of carbonyl (C=O) groups is 1. The molecule has 1 amide bonds. The van der Waals surface area contributed by atoms with Crippen LogP contribution in [0.5, 0.6) is 11.5 Å². The van der Waals surface area contributed by atoms with Gasteiger partial charge in [0.25, 0.3) is 5.91 Å². The van der Waals surface area contributed by atoms with Gasteiger partial charge in [-0.3, -0.25) is 4.79 Å². The molecule has 2 aromatic rings. The number of rotatable bonds is 6. The van der Waals surface area contributed by atoms with E-state index in [4.69, 9.17) is 9.47 Å². The van der Waals surface area contributed by atoms with Crippen LogP contribution in [0.15, 0.2) is 42.5 Å². The molecule has 1 aliphatic heterocycles. The van der Waals surface area contributed by atoms with Gasteiger partial charge >= 0.3 is 0 Å². The molecule has 7 heteroatoms. The Morgan fingerprint density at radius 3 is 2.43 bits per heavy atom. The first kappa shape index (κ1) is 20.2. The zero-order valence-corrected chi connectivity index (χ0v) is 17.2. The summed E-state index contributed by atoms with van der Waals surface area (Å²) in [6.45, 7) is 0.662. The molecule has 0 bridgehead atoms. The van der Waals surface area contributed by atoms with Crippen LogP contribution < -0.4 is 9.47 Å². The summed E-state index contributed by atoms with van der Waals surface area (Å²) in [5, 5.41) is 0. The third-order valence-corrected chi connectivity index (χ3v) is 5.80. The molecular weight excluding hydrogens is 378 g/mol. The van der Waals surface area contributed by atoms with Crippen molar-refractivity contribution >= 4 is 15.7 Å². The lowest BCUT2D eigenvalue weighted by molar-refractivity contribution is 0.0734. The highest BCUT2D eigenvalue weighted by Gasteiger charge is 2.32. The molecule has 1 heterocycles. The third-order valence-electron chi connectivity index (χ3n) is 4.94. The molecule has 28 heavy (non-hydrogen) atoms. The molecule has 1 saturated heterocycles. The number of sulfone groups is 1. The van der Waals surface area contributed by atoms with Gasteiger partial charge in [0.05, 0.1) is 26.0 Å². The van der Waals surface area contributed by atoms with Gasteiger partial charge in [0, 0.05) is 23.9 Å². The van der Waals surface area contributed by atoms with E-state index < -0.39 is 9.84 Å². The number of carbonyl (C=O) groups excluding carboxylic acids is 1. The fourth-order valence-corrected chi connectivity index (χ4v) is 4.44. The van der Waals surface area contributed by atoms with Crippen LogP contribution in [0.2, 0.25) is 0 Å². The predicted octanol–water partition coefficient (Wildman–Crippen LogP) is 3.23. The van der Waals surface area contributed by atoms with Crippen molar-refractivity contribution in [3.8, 4) is 11.5 Å². The number of nitrogens with zero attached hydrogens (tertiary/aromatic N) is 1. The summed E-state index contributed by atoms with van der Waals surface area (Å²) in [5.74, 6) is 1.35. The lowest BCUT2D eigenvalue weighted by atomic mass is 10.0. The van der Waals surface area contributed by atoms with Crippen LogP contribution >= 0.6 is 0 Å². The molecule has 0 aliphatic carbocycles. The number of likely N-dealkylation sites (tertiary alicyclic amines) is 1. The Morgan fingerprint density at radius 1 is 1.11 bits per heavy atom. The second-order valence-corrected chi connectivity index (χ2v) is 9.17. The van der Waals surface area contributed by atoms with Gasteiger partial charge in [-0.05, 0) is 48.7 Å². The SMILES string of the molecule is COc1ccc(OC)c([C@H]2CCCN2C(=O)c2ccc(CS(C)(=O)=O)cc2)c1. The predicted molar refractivity (Wildman–Crippen MR) is 108 cm³/mol. The number of amides is 1. The molecule has 0 aromatic heterocycles. The molecule has 1 fully saturated rings. The number of benzene rings is 2. The van der Waals surface area contributed by atoms with Gasteiger partial charge in [-0.15, -0.1) is 0 Å². The minimum atomic E-state index is -3.11. The molecule has 3 rings (SSSR count). The van der Waals surface area contributed by atoms with Crippen LogP contribution in [0, 0.1) is 0 Å². The summed E-state index contributed by atoms with van der Waals surface area (Å²) in [6, 6.07) is 12.3. The summed E-state index contributed by atoms with van der Waals surface area (Å²) >= 11 is 0. The van der Waals surface area contributed by atoms with Crippen LogP contribution in [-0.4, -0.2) is 46.2 Å². The fraction of sp³-hybridized carbons (Fsp3) is 0.381. The highest BCUT2D eigenvalue weighted by Crippen LogP contribution is 2.39. The molecule has 0 spiro atoms. The minimum Gasteiger partial charge on any atom is -0.497 e. The summed E-state index contributed by atoms with van der Waals surface area (Å²) < 4.78 is 33.7. The maximum atomic E-state index is 13.1. The summed E-state index contributed by atoms with van der Waals surface area (Å²) in [6.07, 6.45) is 2.95. The molecule has 0 saturated carbocycles. The van der Waals surface area contributed by atoms with Crippen LogP contribution in [-0.2, 0) is 15.6 Å². The van der Waals surface area contributed by atoms with E-state index in [0.717, 1.165) is 29.9 Å². The number of hydrogen-bond acceptors (Lipinski definition) is 5. The van der Waals surface area contributed by atoms with E-state index in [-0.39, 0.29) is 17.7 Å². The molecule has 1 aliphatic rings. The van der Waals surface area contributed by atoms with Crippen molar-refractivity contribution in [2.45, 2.75) is 24.6 Å². The summed E-state index contributed by atoms with van der Waals surface area (Å²) in [4.78, 5) is 15.0. The van der Waals surface area contributed by atoms with E-state index in [9.17, 15) is 13.2 Å². The van der Waals surface area contributed by atoms with Crippen molar-refractivity contribution in [3.63, 3.8) is 0 Å². The van der Waals surface area contributed by atoms with Crippen LogP contribution in [0.4, 0.5) is 0 Å². The number of methoxy groups -OCH3 is 2. The van der Waals surface area contributed by atoms with Gasteiger partial charge in [0.2, 0.25) is 0 Å². The first-order valence-corrected chi connectivity index (χ1v) is 11.2. The first-order chi connectivity index (χ1) is 13.3. The highest BCUT2D eigenvalue weighted by molar-refractivity contribution is 7.89. The quantitative estimate of drug-likeness (QED) is 0.740. The van der Waals surface area contributed by atoms with E-state index >= 15 is 0 Å². The van der Waals surface area contributed by atoms with Crippen molar-refractivity contribution in [2.75, 3.05) is 27.0 Å². The van der Waals surface area contributed by atoms with E-state index in [1.807, 2.05) is 23.1 Å². The summed E-state index contributed by atoms with van der Waals surface area (Å²) in [5.41, 5.74) is 2.15. The van der Waals surface area contributed by atoms with E-state index in [1.165, 1.54) is 6.26 Å². The smallest absolute Gasteiger partial charge is 0.254 e. The van der Waals surface area contributed by atoms with Crippen molar-refractivity contribution in [3.05, 3.63) is 59.2 Å². The second-order valence-electron chi connectivity index (χ2n) is 7.03. The Bertz CT molecular complexity index is 953. The van der Waals surface area contributed by atoms with Crippen molar-refractivity contribution < 1.29 is 22.7 Å². The molecule has 0 radical (unpaired) electrons. The topological polar surface area (TPSA) is 72.9 Å². The molecular formula is C21H25NO5S. The minimum absolute atomic E-state index is 0.0329. The number of ether oxygens (including phenoxy) is 2. The Hall–Kier alpha value is -2.54. The average molecular weight is 404 g/mol. The van der Waals surface area contributed by atoms with Gasteiger partial charge in [-0.1, -0.05) is 12.1 Å². The molecule has 6 nitrogen and oxygen atoms in total. The first-order valence-electron chi connectivity index (χ1n) is 9.12. The van der Waals surface area contributed by atoms with Crippen LogP contribution in [0.25, 0.3) is 0 Å². The van der Waals surface area contributed by atoms with Gasteiger partial charge in [-0.25, -0.2) is 8.42 Å². The highest BCUT2D eigenvalue weighted by atomic mass is 32.2. The molecule has 0 N–H and O–H groups in total. The Kier molecular flexibility index (Phi) is 5.93. The Balaban J connectivity index is 1.86. The fourth-order valence-electron chi connectivity index (χ4n) is 3.65. The maximum Gasteiger partial charge on any atom is 0.254 e. The Labute approximate surface area is 166 Å². The van der Waals surface area contributed by atoms with Gasteiger partial charge in [0.15, 0.2) is 9.84 Å². The second kappa shape index (κ2) is 8.22. The third kappa shape index (κ3) is 4.47. The largest absolute Gasteiger partial charge is 0.497 e. The summed E-state index contributed by atoms with van der Waals surface area (Å²) in [7, 11) is 0.124. The van der Waals surface area contributed by atoms with Crippen LogP contribution in [0.1, 0.15) is 40.4 Å². The van der Waals surface area contributed by atoms with E-state index in [0.29, 0.717) is 17.7 Å². The Morgan fingerprint density at radius 2 is 1.82 bits per heavy atom.